The molecule has 2 aliphatic rings. The zero-order valence-corrected chi connectivity index (χ0v) is 12.2. The summed E-state index contributed by atoms with van der Waals surface area (Å²) in [5.41, 5.74) is 2.05. The van der Waals surface area contributed by atoms with E-state index in [1.165, 1.54) is 0 Å². The Morgan fingerprint density at radius 1 is 1.05 bits per heavy atom. The van der Waals surface area contributed by atoms with Crippen LogP contribution in [0.2, 0.25) is 0 Å². The van der Waals surface area contributed by atoms with Gasteiger partial charge in [-0.05, 0) is 24.1 Å². The Labute approximate surface area is 129 Å². The van der Waals surface area contributed by atoms with E-state index >= 15 is 0 Å². The van der Waals surface area contributed by atoms with Crippen LogP contribution in [-0.2, 0) is 10.5 Å². The third-order valence-electron chi connectivity index (χ3n) is 4.34. The van der Waals surface area contributed by atoms with E-state index in [2.05, 4.69) is 0 Å². The summed E-state index contributed by atoms with van der Waals surface area (Å²) in [6.07, 6.45) is 4.93. The number of rotatable bonds is 2. The summed E-state index contributed by atoms with van der Waals surface area (Å²) >= 11 is 0. The lowest BCUT2D eigenvalue weighted by atomic mass is 9.98. The molecule has 22 heavy (non-hydrogen) atoms. The van der Waals surface area contributed by atoms with Crippen LogP contribution in [-0.4, -0.2) is 24.0 Å². The van der Waals surface area contributed by atoms with Crippen LogP contribution in [0.1, 0.15) is 27.9 Å². The SMILES string of the molecule is O=C1c2ccccc2C2(/C=C/c3ccccc3)OCCCN12. The Bertz CT molecular complexity index is 738. The van der Waals surface area contributed by atoms with Crippen LogP contribution in [0.5, 0.6) is 0 Å². The molecule has 1 atom stereocenters. The number of ether oxygens (including phenoxy) is 1. The third-order valence-corrected chi connectivity index (χ3v) is 4.34. The lowest BCUT2D eigenvalue weighted by Crippen LogP contribution is -2.48. The van der Waals surface area contributed by atoms with Gasteiger partial charge in [0.1, 0.15) is 0 Å². The minimum atomic E-state index is -0.748. The minimum Gasteiger partial charge on any atom is -0.347 e. The molecule has 0 aromatic heterocycles. The maximum absolute atomic E-state index is 12.7. The number of fused-ring (bicyclic) bond motifs is 3. The molecule has 1 saturated heterocycles. The van der Waals surface area contributed by atoms with Gasteiger partial charge in [0, 0.05) is 17.7 Å². The zero-order chi connectivity index (χ0) is 15.0. The van der Waals surface area contributed by atoms with Gasteiger partial charge in [-0.25, -0.2) is 0 Å². The maximum atomic E-state index is 12.7. The number of carbonyl (C=O) groups is 1. The first-order valence-electron chi connectivity index (χ1n) is 7.61. The highest BCUT2D eigenvalue weighted by molar-refractivity contribution is 6.00. The molecule has 1 unspecified atom stereocenters. The summed E-state index contributed by atoms with van der Waals surface area (Å²) in [5, 5.41) is 0. The number of benzene rings is 2. The van der Waals surface area contributed by atoms with Crippen LogP contribution in [0.15, 0.2) is 60.7 Å². The Balaban J connectivity index is 1.82. The maximum Gasteiger partial charge on any atom is 0.257 e. The molecule has 2 aromatic carbocycles. The average molecular weight is 291 g/mol. The summed E-state index contributed by atoms with van der Waals surface area (Å²) in [4.78, 5) is 14.5. The Morgan fingerprint density at radius 2 is 1.82 bits per heavy atom. The molecule has 3 nitrogen and oxygen atoms in total. The van der Waals surface area contributed by atoms with E-state index < -0.39 is 5.72 Å². The average Bonchev–Trinajstić information content (AvgIpc) is 2.85. The summed E-state index contributed by atoms with van der Waals surface area (Å²) in [6.45, 7) is 1.39. The van der Waals surface area contributed by atoms with Crippen molar-refractivity contribution in [1.29, 1.82) is 0 Å². The predicted octanol–water partition coefficient (Wildman–Crippen LogP) is 3.43. The highest BCUT2D eigenvalue weighted by atomic mass is 16.5. The zero-order valence-electron chi connectivity index (χ0n) is 12.2. The fraction of sp³-hybridized carbons (Fsp3) is 0.211. The molecule has 3 heteroatoms. The summed E-state index contributed by atoms with van der Waals surface area (Å²) < 4.78 is 6.13. The van der Waals surface area contributed by atoms with Gasteiger partial charge in [0.2, 0.25) is 0 Å². The molecule has 2 aliphatic heterocycles. The van der Waals surface area contributed by atoms with E-state index in [0.717, 1.165) is 29.7 Å². The predicted molar refractivity (Wildman–Crippen MR) is 85.2 cm³/mol. The van der Waals surface area contributed by atoms with Gasteiger partial charge in [0.25, 0.3) is 5.91 Å². The molecule has 0 bridgehead atoms. The highest BCUT2D eigenvalue weighted by Crippen LogP contribution is 2.43. The van der Waals surface area contributed by atoms with Crippen molar-refractivity contribution in [3.05, 3.63) is 77.4 Å². The van der Waals surface area contributed by atoms with E-state index in [4.69, 9.17) is 4.74 Å². The molecule has 110 valence electrons. The number of carbonyl (C=O) groups excluding carboxylic acids is 1. The van der Waals surface area contributed by atoms with Gasteiger partial charge in [0.15, 0.2) is 5.72 Å². The molecule has 0 aliphatic carbocycles. The minimum absolute atomic E-state index is 0.0630. The standard InChI is InChI=1S/C19H17NO2/c21-18-16-9-4-5-10-17(16)19(20(18)13-6-14-22-19)12-11-15-7-2-1-3-8-15/h1-5,7-12H,6,13-14H2/b12-11+. The van der Waals surface area contributed by atoms with Gasteiger partial charge in [-0.3, -0.25) is 4.79 Å². The van der Waals surface area contributed by atoms with E-state index in [1.54, 1.807) is 0 Å². The van der Waals surface area contributed by atoms with Crippen molar-refractivity contribution >= 4 is 12.0 Å². The van der Waals surface area contributed by atoms with Crippen LogP contribution >= 0.6 is 0 Å². The van der Waals surface area contributed by atoms with E-state index in [9.17, 15) is 4.79 Å². The molecule has 2 aromatic rings. The molecular formula is C19H17NO2. The largest absolute Gasteiger partial charge is 0.347 e. The Hall–Kier alpha value is -2.39. The lowest BCUT2D eigenvalue weighted by Gasteiger charge is -2.40. The van der Waals surface area contributed by atoms with Crippen molar-refractivity contribution in [2.75, 3.05) is 13.2 Å². The first kappa shape index (κ1) is 13.3. The third kappa shape index (κ3) is 1.90. The van der Waals surface area contributed by atoms with Crippen LogP contribution in [0.25, 0.3) is 6.08 Å². The molecule has 0 radical (unpaired) electrons. The van der Waals surface area contributed by atoms with Crippen molar-refractivity contribution in [2.45, 2.75) is 12.1 Å². The molecule has 0 saturated carbocycles. The first-order chi connectivity index (χ1) is 10.8. The summed E-state index contributed by atoms with van der Waals surface area (Å²) in [7, 11) is 0. The molecule has 2 heterocycles. The second kappa shape index (κ2) is 5.11. The van der Waals surface area contributed by atoms with E-state index in [-0.39, 0.29) is 5.91 Å². The van der Waals surface area contributed by atoms with Gasteiger partial charge in [-0.2, -0.15) is 0 Å². The normalized spacial score (nSPS) is 23.6. The monoisotopic (exact) mass is 291 g/mol. The van der Waals surface area contributed by atoms with Crippen LogP contribution in [0.3, 0.4) is 0 Å². The van der Waals surface area contributed by atoms with Gasteiger partial charge in [-0.1, -0.05) is 54.6 Å². The Kier molecular flexibility index (Phi) is 3.09. The van der Waals surface area contributed by atoms with Gasteiger partial charge in [0.05, 0.1) is 6.61 Å². The lowest BCUT2D eigenvalue weighted by molar-refractivity contribution is -0.131. The highest BCUT2D eigenvalue weighted by Gasteiger charge is 2.50. The van der Waals surface area contributed by atoms with Gasteiger partial charge in [-0.15, -0.1) is 0 Å². The molecule has 0 N–H and O–H groups in total. The van der Waals surface area contributed by atoms with Gasteiger partial charge < -0.3 is 9.64 Å². The fourth-order valence-corrected chi connectivity index (χ4v) is 3.30. The fourth-order valence-electron chi connectivity index (χ4n) is 3.30. The van der Waals surface area contributed by atoms with Crippen molar-refractivity contribution in [2.24, 2.45) is 0 Å². The number of amides is 1. The second-order valence-corrected chi connectivity index (χ2v) is 5.64. The van der Waals surface area contributed by atoms with E-state index in [0.29, 0.717) is 6.61 Å². The number of hydrogen-bond donors (Lipinski definition) is 0. The number of nitrogens with zero attached hydrogens (tertiary/aromatic N) is 1. The van der Waals surface area contributed by atoms with Gasteiger partial charge >= 0.3 is 0 Å². The first-order valence-corrected chi connectivity index (χ1v) is 7.61. The van der Waals surface area contributed by atoms with Crippen molar-refractivity contribution in [3.63, 3.8) is 0 Å². The van der Waals surface area contributed by atoms with Crippen LogP contribution in [0.4, 0.5) is 0 Å². The van der Waals surface area contributed by atoms with E-state index in [1.807, 2.05) is 71.6 Å². The molecular weight excluding hydrogens is 274 g/mol. The van der Waals surface area contributed by atoms with Crippen molar-refractivity contribution in [3.8, 4) is 0 Å². The van der Waals surface area contributed by atoms with Crippen LogP contribution < -0.4 is 0 Å². The second-order valence-electron chi connectivity index (χ2n) is 5.64. The van der Waals surface area contributed by atoms with Crippen molar-refractivity contribution < 1.29 is 9.53 Å². The van der Waals surface area contributed by atoms with Crippen LogP contribution in [0, 0.1) is 0 Å². The smallest absolute Gasteiger partial charge is 0.257 e. The molecule has 0 spiro atoms. The summed E-state index contributed by atoms with van der Waals surface area (Å²) in [5.74, 6) is 0.0630. The number of hydrogen-bond acceptors (Lipinski definition) is 2. The molecule has 1 fully saturated rings. The molecule has 4 rings (SSSR count). The Morgan fingerprint density at radius 3 is 2.68 bits per heavy atom. The topological polar surface area (TPSA) is 29.5 Å². The molecule has 1 amide bonds. The summed E-state index contributed by atoms with van der Waals surface area (Å²) in [6, 6.07) is 17.8. The quantitative estimate of drug-likeness (QED) is 0.848. The van der Waals surface area contributed by atoms with Crippen molar-refractivity contribution in [1.82, 2.24) is 4.90 Å².